The molecule has 0 spiro atoms. The van der Waals surface area contributed by atoms with Crippen molar-refractivity contribution in [1.29, 1.82) is 0 Å². The summed E-state index contributed by atoms with van der Waals surface area (Å²) >= 11 is 0. The smallest absolute Gasteiger partial charge is 0.242 e. The van der Waals surface area contributed by atoms with Gasteiger partial charge in [-0.15, -0.1) is 24.0 Å². The maximum atomic E-state index is 12.6. The van der Waals surface area contributed by atoms with E-state index in [9.17, 15) is 4.79 Å². The van der Waals surface area contributed by atoms with Crippen molar-refractivity contribution in [3.8, 4) is 5.75 Å². The third kappa shape index (κ3) is 7.30. The molecule has 1 aliphatic heterocycles. The van der Waals surface area contributed by atoms with Crippen molar-refractivity contribution in [2.75, 3.05) is 58.3 Å². The summed E-state index contributed by atoms with van der Waals surface area (Å²) < 4.78 is 5.38. The predicted octanol–water partition coefficient (Wildman–Crippen LogP) is 2.37. The molecule has 0 radical (unpaired) electrons. The quantitative estimate of drug-likeness (QED) is 0.323. The van der Waals surface area contributed by atoms with Crippen LogP contribution in [0, 0.1) is 0 Å². The van der Waals surface area contributed by atoms with E-state index in [1.165, 1.54) is 5.69 Å². The van der Waals surface area contributed by atoms with Crippen LogP contribution in [0.3, 0.4) is 0 Å². The number of carbonyl (C=O) groups is 1. The molecular formula is C23H32IN5O2. The third-order valence-electron chi connectivity index (χ3n) is 5.26. The number of rotatable bonds is 7. The van der Waals surface area contributed by atoms with Gasteiger partial charge in [-0.05, 0) is 30.2 Å². The number of ether oxygens (including phenoxy) is 1. The van der Waals surface area contributed by atoms with Gasteiger partial charge in [0.15, 0.2) is 5.96 Å². The van der Waals surface area contributed by atoms with Gasteiger partial charge in [-0.2, -0.15) is 0 Å². The average molecular weight is 537 g/mol. The lowest BCUT2D eigenvalue weighted by atomic mass is 10.1. The standard InChI is InChI=1S/C23H31N5O2.HI/c1-24-23(25-13-12-19-8-6-7-11-21(19)30-2)26-18-22(29)28-16-14-27(15-17-28)20-9-4-3-5-10-20;/h3-11H,12-18H2,1-2H3,(H2,24,25,26);1H. The number of nitrogens with one attached hydrogen (secondary N) is 2. The van der Waals surface area contributed by atoms with E-state index in [4.69, 9.17) is 4.74 Å². The fourth-order valence-electron chi connectivity index (χ4n) is 3.57. The molecule has 0 unspecified atom stereocenters. The number of benzene rings is 2. The van der Waals surface area contributed by atoms with E-state index in [0.717, 1.165) is 43.9 Å². The minimum absolute atomic E-state index is 0. The fraction of sp³-hybridized carbons (Fsp3) is 0.391. The van der Waals surface area contributed by atoms with Crippen LogP contribution in [0.25, 0.3) is 0 Å². The monoisotopic (exact) mass is 537 g/mol. The van der Waals surface area contributed by atoms with E-state index in [0.29, 0.717) is 12.5 Å². The lowest BCUT2D eigenvalue weighted by Gasteiger charge is -2.36. The maximum Gasteiger partial charge on any atom is 0.242 e. The minimum atomic E-state index is 0. The van der Waals surface area contributed by atoms with Gasteiger partial charge >= 0.3 is 0 Å². The number of aliphatic imine (C=N–C) groups is 1. The van der Waals surface area contributed by atoms with Crippen LogP contribution in [0.4, 0.5) is 5.69 Å². The van der Waals surface area contributed by atoms with E-state index in [1.807, 2.05) is 41.3 Å². The van der Waals surface area contributed by atoms with E-state index in [2.05, 4.69) is 38.7 Å². The topological polar surface area (TPSA) is 69.2 Å². The Morgan fingerprint density at radius 3 is 2.35 bits per heavy atom. The first kappa shape index (κ1) is 24.8. The van der Waals surface area contributed by atoms with Crippen LogP contribution in [0.15, 0.2) is 59.6 Å². The number of nitrogens with zero attached hydrogens (tertiary/aromatic N) is 3. The van der Waals surface area contributed by atoms with Crippen LogP contribution in [0.2, 0.25) is 0 Å². The highest BCUT2D eigenvalue weighted by Crippen LogP contribution is 2.17. The van der Waals surface area contributed by atoms with Gasteiger partial charge in [-0.3, -0.25) is 9.79 Å². The Morgan fingerprint density at radius 2 is 1.68 bits per heavy atom. The molecule has 0 bridgehead atoms. The molecule has 1 aliphatic rings. The maximum absolute atomic E-state index is 12.6. The molecule has 3 rings (SSSR count). The summed E-state index contributed by atoms with van der Waals surface area (Å²) in [5.41, 5.74) is 2.35. The number of amides is 1. The normalized spacial score (nSPS) is 13.9. The number of hydrogen-bond donors (Lipinski definition) is 2. The van der Waals surface area contributed by atoms with Crippen molar-refractivity contribution >= 4 is 41.5 Å². The van der Waals surface area contributed by atoms with Crippen molar-refractivity contribution in [2.24, 2.45) is 4.99 Å². The highest BCUT2D eigenvalue weighted by Gasteiger charge is 2.21. The predicted molar refractivity (Wildman–Crippen MR) is 137 cm³/mol. The van der Waals surface area contributed by atoms with Gasteiger partial charge < -0.3 is 25.2 Å². The minimum Gasteiger partial charge on any atom is -0.496 e. The first-order valence-electron chi connectivity index (χ1n) is 10.4. The Balaban J connectivity index is 0.00000341. The van der Waals surface area contributed by atoms with Gasteiger partial charge in [0.25, 0.3) is 0 Å². The molecule has 7 nitrogen and oxygen atoms in total. The molecule has 0 atom stereocenters. The van der Waals surface area contributed by atoms with E-state index in [1.54, 1.807) is 14.2 Å². The Kier molecular flexibility index (Phi) is 10.4. The molecule has 8 heteroatoms. The highest BCUT2D eigenvalue weighted by molar-refractivity contribution is 14.0. The lowest BCUT2D eigenvalue weighted by molar-refractivity contribution is -0.130. The summed E-state index contributed by atoms with van der Waals surface area (Å²) in [6, 6.07) is 18.3. The van der Waals surface area contributed by atoms with Gasteiger partial charge in [0.1, 0.15) is 5.75 Å². The number of carbonyl (C=O) groups excluding carboxylic acids is 1. The number of para-hydroxylation sites is 2. The molecule has 0 aromatic heterocycles. The molecule has 0 saturated carbocycles. The summed E-state index contributed by atoms with van der Waals surface area (Å²) in [4.78, 5) is 21.0. The SMILES string of the molecule is CN=C(NCCc1ccccc1OC)NCC(=O)N1CCN(c2ccccc2)CC1.I. The highest BCUT2D eigenvalue weighted by atomic mass is 127. The molecule has 1 heterocycles. The van der Waals surface area contributed by atoms with E-state index < -0.39 is 0 Å². The van der Waals surface area contributed by atoms with Crippen molar-refractivity contribution in [1.82, 2.24) is 15.5 Å². The molecule has 168 valence electrons. The number of piperazine rings is 1. The van der Waals surface area contributed by atoms with Crippen molar-refractivity contribution in [3.05, 3.63) is 60.2 Å². The second-order valence-corrected chi connectivity index (χ2v) is 7.12. The number of anilines is 1. The Labute approximate surface area is 201 Å². The molecule has 1 saturated heterocycles. The van der Waals surface area contributed by atoms with Crippen LogP contribution in [0.5, 0.6) is 5.75 Å². The summed E-state index contributed by atoms with van der Waals surface area (Å²) in [6.07, 6.45) is 0.806. The van der Waals surface area contributed by atoms with Crippen LogP contribution >= 0.6 is 24.0 Å². The third-order valence-corrected chi connectivity index (χ3v) is 5.26. The summed E-state index contributed by atoms with van der Waals surface area (Å²) in [5.74, 6) is 1.60. The lowest BCUT2D eigenvalue weighted by Crippen LogP contribution is -2.52. The van der Waals surface area contributed by atoms with E-state index in [-0.39, 0.29) is 36.4 Å². The van der Waals surface area contributed by atoms with Crippen molar-refractivity contribution in [3.63, 3.8) is 0 Å². The van der Waals surface area contributed by atoms with Crippen LogP contribution in [-0.4, -0.2) is 70.2 Å². The molecule has 2 N–H and O–H groups in total. The number of guanidine groups is 1. The number of hydrogen-bond acceptors (Lipinski definition) is 4. The molecule has 2 aromatic carbocycles. The van der Waals surface area contributed by atoms with Gasteiger partial charge in [0, 0.05) is 45.5 Å². The first-order chi connectivity index (χ1) is 14.7. The molecule has 1 amide bonds. The summed E-state index contributed by atoms with van der Waals surface area (Å²) in [5, 5.41) is 6.39. The average Bonchev–Trinajstić information content (AvgIpc) is 2.82. The second-order valence-electron chi connectivity index (χ2n) is 7.12. The van der Waals surface area contributed by atoms with Crippen molar-refractivity contribution in [2.45, 2.75) is 6.42 Å². The molecule has 1 fully saturated rings. The molecule has 2 aromatic rings. The Bertz CT molecular complexity index is 839. The van der Waals surface area contributed by atoms with Gasteiger partial charge in [0.2, 0.25) is 5.91 Å². The fourth-order valence-corrected chi connectivity index (χ4v) is 3.57. The molecule has 0 aliphatic carbocycles. The van der Waals surface area contributed by atoms with Crippen LogP contribution < -0.4 is 20.3 Å². The first-order valence-corrected chi connectivity index (χ1v) is 10.4. The summed E-state index contributed by atoms with van der Waals surface area (Å²) in [7, 11) is 3.39. The van der Waals surface area contributed by atoms with Crippen molar-refractivity contribution < 1.29 is 9.53 Å². The molecular weight excluding hydrogens is 505 g/mol. The molecule has 31 heavy (non-hydrogen) atoms. The zero-order valence-corrected chi connectivity index (χ0v) is 20.5. The number of halogens is 1. The van der Waals surface area contributed by atoms with Gasteiger partial charge in [-0.1, -0.05) is 36.4 Å². The summed E-state index contributed by atoms with van der Waals surface area (Å²) in [6.45, 7) is 4.09. The Morgan fingerprint density at radius 1 is 1.00 bits per heavy atom. The van der Waals surface area contributed by atoms with Gasteiger partial charge in [0.05, 0.1) is 13.7 Å². The van der Waals surface area contributed by atoms with Crippen LogP contribution in [-0.2, 0) is 11.2 Å². The van der Waals surface area contributed by atoms with Gasteiger partial charge in [-0.25, -0.2) is 0 Å². The Hall–Kier alpha value is -2.49. The second kappa shape index (κ2) is 13.0. The van der Waals surface area contributed by atoms with E-state index >= 15 is 0 Å². The number of methoxy groups -OCH3 is 1. The largest absolute Gasteiger partial charge is 0.496 e. The zero-order valence-electron chi connectivity index (χ0n) is 18.2. The zero-order chi connectivity index (χ0) is 21.2. The van der Waals surface area contributed by atoms with Crippen LogP contribution in [0.1, 0.15) is 5.56 Å².